The van der Waals surface area contributed by atoms with Crippen LogP contribution in [-0.2, 0) is 29.2 Å². The van der Waals surface area contributed by atoms with Crippen molar-refractivity contribution < 1.29 is 44.5 Å². The molecule has 10 atom stereocenters. The molecule has 0 radical (unpaired) electrons. The Morgan fingerprint density at radius 1 is 1.10 bits per heavy atom. The zero-order valence-corrected chi connectivity index (χ0v) is 24.7. The highest BCUT2D eigenvalue weighted by Crippen LogP contribution is 2.67. The summed E-state index contributed by atoms with van der Waals surface area (Å²) in [6.07, 6.45) is 5.61. The summed E-state index contributed by atoms with van der Waals surface area (Å²) >= 11 is 0. The highest BCUT2D eigenvalue weighted by Gasteiger charge is 2.60. The molecule has 10 nitrogen and oxygen atoms in total. The van der Waals surface area contributed by atoms with Crippen LogP contribution in [0.3, 0.4) is 0 Å². The van der Waals surface area contributed by atoms with Crippen molar-refractivity contribution in [3.8, 4) is 0 Å². The Morgan fingerprint density at radius 3 is 2.41 bits per heavy atom. The largest absolute Gasteiger partial charge is 0.397 e. The predicted octanol–water partition coefficient (Wildman–Crippen LogP) is 3.88. The lowest BCUT2D eigenvalue weighted by Gasteiger charge is -2.59. The molecule has 4 aliphatic rings. The molecule has 0 saturated heterocycles. The highest BCUT2D eigenvalue weighted by atomic mass is 32.3. The van der Waals surface area contributed by atoms with Gasteiger partial charge >= 0.3 is 20.8 Å². The van der Waals surface area contributed by atoms with E-state index in [9.17, 15) is 31.6 Å². The van der Waals surface area contributed by atoms with Gasteiger partial charge in [0.05, 0.1) is 18.8 Å². The Balaban J connectivity index is 1.55. The normalized spacial score (nSPS) is 40.1. The van der Waals surface area contributed by atoms with Crippen LogP contribution in [-0.4, -0.2) is 61.1 Å². The van der Waals surface area contributed by atoms with Crippen molar-refractivity contribution in [1.82, 2.24) is 0 Å². The van der Waals surface area contributed by atoms with E-state index in [-0.39, 0.29) is 35.7 Å². The van der Waals surface area contributed by atoms with Gasteiger partial charge in [0.1, 0.15) is 6.10 Å². The number of rotatable bonds is 10. The fourth-order valence-corrected chi connectivity index (χ4v) is 9.79. The van der Waals surface area contributed by atoms with Gasteiger partial charge in [0.15, 0.2) is 0 Å². The number of hydrogen-bond acceptors (Lipinski definition) is 8. The molecule has 3 saturated carbocycles. The minimum absolute atomic E-state index is 0.0752. The molecule has 0 heterocycles. The second-order valence-electron chi connectivity index (χ2n) is 12.9. The third-order valence-corrected chi connectivity index (χ3v) is 11.7. The van der Waals surface area contributed by atoms with Crippen LogP contribution in [0.4, 0.5) is 0 Å². The van der Waals surface area contributed by atoms with Gasteiger partial charge in [-0.1, -0.05) is 37.6 Å². The average Bonchev–Trinajstić information content (AvgIpc) is 3.15. The summed E-state index contributed by atoms with van der Waals surface area (Å²) in [4.78, 5) is 0. The minimum atomic E-state index is -4.67. The third-order valence-electron chi connectivity index (χ3n) is 10.8. The maximum Gasteiger partial charge on any atom is 0.397 e. The highest BCUT2D eigenvalue weighted by molar-refractivity contribution is 7.81. The first-order valence-corrected chi connectivity index (χ1v) is 16.7. The fourth-order valence-electron chi connectivity index (χ4n) is 8.94. The number of allylic oxidation sites excluding steroid dienone is 1. The number of aliphatic hydroxyl groups is 2. The van der Waals surface area contributed by atoms with Crippen molar-refractivity contribution in [2.24, 2.45) is 40.4 Å². The molecule has 0 amide bonds. The molecule has 0 bridgehead atoms. The first-order chi connectivity index (χ1) is 17.9. The van der Waals surface area contributed by atoms with E-state index in [2.05, 4.69) is 26.5 Å². The van der Waals surface area contributed by atoms with E-state index in [4.69, 9.17) is 12.9 Å². The summed E-state index contributed by atoms with van der Waals surface area (Å²) in [5, 5.41) is 21.2. The molecule has 0 aromatic rings. The summed E-state index contributed by atoms with van der Waals surface area (Å²) in [5.74, 6) is 1.03. The zero-order valence-electron chi connectivity index (χ0n) is 23.0. The molecule has 12 heteroatoms. The van der Waals surface area contributed by atoms with Crippen LogP contribution >= 0.6 is 0 Å². The lowest BCUT2D eigenvalue weighted by Crippen LogP contribution is -2.54. The second-order valence-corrected chi connectivity index (χ2v) is 15.1. The van der Waals surface area contributed by atoms with E-state index < -0.39 is 39.1 Å². The Kier molecular flexibility index (Phi) is 8.84. The van der Waals surface area contributed by atoms with Gasteiger partial charge in [-0.15, -0.1) is 0 Å². The quantitative estimate of drug-likeness (QED) is 0.216. The molecule has 0 aromatic heterocycles. The Hall–Kier alpha value is -0.860. The smallest absolute Gasteiger partial charge is 0.390 e. The van der Waals surface area contributed by atoms with E-state index in [1.807, 2.05) is 0 Å². The fraction of sp³-hybridized carbons (Fsp3) is 0.852. The van der Waals surface area contributed by atoms with E-state index in [1.54, 1.807) is 6.92 Å². The van der Waals surface area contributed by atoms with Gasteiger partial charge in [-0.2, -0.15) is 16.8 Å². The van der Waals surface area contributed by atoms with E-state index >= 15 is 0 Å². The average molecular weight is 593 g/mol. The molecule has 4 N–H and O–H groups in total. The molecule has 3 unspecified atom stereocenters. The van der Waals surface area contributed by atoms with Crippen LogP contribution < -0.4 is 0 Å². The van der Waals surface area contributed by atoms with Crippen LogP contribution in [0.25, 0.3) is 0 Å². The first-order valence-electron chi connectivity index (χ1n) is 13.9. The standard InChI is InChI=1S/C27H44O10S2/c1-16(2)23(28)10-5-17(15-36-38(30,31)32)20-8-9-21-19-7-6-18-13-25(37-39(33,34)35)24(29)14-27(18,4)22(19)11-12-26(20,21)3/h6,17,19-25,28-29H,1,5,7-15H2,2-4H3,(H,30,31,32)(H,33,34,35)/t17-,19?,20+,21?,22?,23+,24-,25-,26+,27-/m0/s1. The van der Waals surface area contributed by atoms with Gasteiger partial charge in [0.25, 0.3) is 0 Å². The van der Waals surface area contributed by atoms with Gasteiger partial charge in [0.2, 0.25) is 0 Å². The number of hydrogen-bond donors (Lipinski definition) is 4. The summed E-state index contributed by atoms with van der Waals surface area (Å²) < 4.78 is 73.6. The zero-order chi connectivity index (χ0) is 29.0. The summed E-state index contributed by atoms with van der Waals surface area (Å²) in [6.45, 7) is 9.88. The second kappa shape index (κ2) is 11.1. The maximum atomic E-state index is 11.4. The van der Waals surface area contributed by atoms with Crippen LogP contribution in [0.15, 0.2) is 23.8 Å². The summed E-state index contributed by atoms with van der Waals surface area (Å²) in [7, 11) is -9.26. The molecular formula is C27H44O10S2. The number of fused-ring (bicyclic) bond motifs is 5. The van der Waals surface area contributed by atoms with Gasteiger partial charge in [-0.3, -0.25) is 9.11 Å². The van der Waals surface area contributed by atoms with E-state index in [1.165, 1.54) is 0 Å². The SMILES string of the molecule is C=C(C)[C@H](O)CC[C@@H](COS(=O)(=O)O)[C@H]1CCC2C3CC=C4C[C@H](OS(=O)(=O)O)[C@@H](O)C[C@]4(C)C3CC[C@@]21C. The van der Waals surface area contributed by atoms with Crippen molar-refractivity contribution in [2.45, 2.75) is 96.9 Å². The van der Waals surface area contributed by atoms with E-state index in [0.29, 0.717) is 42.6 Å². The van der Waals surface area contributed by atoms with Crippen molar-refractivity contribution in [1.29, 1.82) is 0 Å². The number of aliphatic hydroxyl groups excluding tert-OH is 2. The van der Waals surface area contributed by atoms with Crippen LogP contribution in [0.5, 0.6) is 0 Å². The molecule has 3 fully saturated rings. The molecule has 0 aromatic carbocycles. The summed E-state index contributed by atoms with van der Waals surface area (Å²) in [5.41, 5.74) is 1.35. The lowest BCUT2D eigenvalue weighted by molar-refractivity contribution is -0.0867. The summed E-state index contributed by atoms with van der Waals surface area (Å²) in [6, 6.07) is 0. The van der Waals surface area contributed by atoms with Crippen LogP contribution in [0.2, 0.25) is 0 Å². The predicted molar refractivity (Wildman–Crippen MR) is 144 cm³/mol. The first kappa shape index (κ1) is 31.1. The van der Waals surface area contributed by atoms with Crippen molar-refractivity contribution >= 4 is 20.8 Å². The van der Waals surface area contributed by atoms with Crippen molar-refractivity contribution in [3.05, 3.63) is 23.8 Å². The molecule has 224 valence electrons. The Labute approximate surface area is 232 Å². The third kappa shape index (κ3) is 6.48. The molecule has 4 rings (SSSR count). The Morgan fingerprint density at radius 2 is 1.79 bits per heavy atom. The van der Waals surface area contributed by atoms with Crippen LogP contribution in [0, 0.1) is 40.4 Å². The molecular weight excluding hydrogens is 548 g/mol. The van der Waals surface area contributed by atoms with Crippen molar-refractivity contribution in [3.63, 3.8) is 0 Å². The maximum absolute atomic E-state index is 11.4. The minimum Gasteiger partial charge on any atom is -0.390 e. The van der Waals surface area contributed by atoms with E-state index in [0.717, 1.165) is 37.7 Å². The van der Waals surface area contributed by atoms with Gasteiger partial charge in [0, 0.05) is 0 Å². The Bertz CT molecular complexity index is 1180. The van der Waals surface area contributed by atoms with Crippen molar-refractivity contribution in [2.75, 3.05) is 6.61 Å². The monoisotopic (exact) mass is 592 g/mol. The molecule has 0 spiro atoms. The van der Waals surface area contributed by atoms with Gasteiger partial charge in [-0.25, -0.2) is 8.37 Å². The van der Waals surface area contributed by atoms with Gasteiger partial charge < -0.3 is 10.2 Å². The lowest BCUT2D eigenvalue weighted by atomic mass is 9.46. The van der Waals surface area contributed by atoms with Crippen LogP contribution in [0.1, 0.15) is 78.6 Å². The van der Waals surface area contributed by atoms with Gasteiger partial charge in [-0.05, 0) is 105 Å². The molecule has 39 heavy (non-hydrogen) atoms. The molecule has 0 aliphatic heterocycles. The molecule has 4 aliphatic carbocycles. The topological polar surface area (TPSA) is 168 Å².